The smallest absolute Gasteiger partial charge is 0.347 e. The van der Waals surface area contributed by atoms with Crippen LogP contribution in [-0.4, -0.2) is 34.9 Å². The molecule has 2 aromatic rings. The van der Waals surface area contributed by atoms with Crippen LogP contribution in [-0.2, 0) is 19.2 Å². The third-order valence-corrected chi connectivity index (χ3v) is 4.99. The fourth-order valence-corrected chi connectivity index (χ4v) is 3.66. The number of carbonyl (C=O) groups excluding carboxylic acids is 2. The van der Waals surface area contributed by atoms with Crippen molar-refractivity contribution in [1.82, 2.24) is 10.5 Å². The number of hydroxylamine groups is 1. The van der Waals surface area contributed by atoms with Crippen LogP contribution in [0.4, 0.5) is 0 Å². The van der Waals surface area contributed by atoms with Gasteiger partial charge in [-0.25, -0.2) is 10.3 Å². The predicted molar refractivity (Wildman–Crippen MR) is 103 cm³/mol. The third-order valence-electron chi connectivity index (χ3n) is 4.50. The summed E-state index contributed by atoms with van der Waals surface area (Å²) in [4.78, 5) is 32.6. The highest BCUT2D eigenvalue weighted by atomic mass is 79.9. The van der Waals surface area contributed by atoms with Gasteiger partial charge in [0.05, 0.1) is 18.4 Å². The molecule has 144 valence electrons. The number of esters is 1. The summed E-state index contributed by atoms with van der Waals surface area (Å²) in [6.07, 6.45) is 2.66. The molecule has 8 heteroatoms. The summed E-state index contributed by atoms with van der Waals surface area (Å²) in [5.74, 6) is -3.51. The molecule has 7 nitrogen and oxygen atoms in total. The number of aromatic amines is 1. The predicted octanol–water partition coefficient (Wildman–Crippen LogP) is 3.19. The number of nitrogens with one attached hydrogen (secondary N) is 2. The number of ether oxygens (including phenoxy) is 1. The summed E-state index contributed by atoms with van der Waals surface area (Å²) in [5, 5.41) is 12.0. The molecule has 0 saturated carbocycles. The molecule has 3 N–H and O–H groups in total. The van der Waals surface area contributed by atoms with E-state index in [1.165, 1.54) is 7.11 Å². The second-order valence-electron chi connectivity index (χ2n) is 6.43. The second-order valence-corrected chi connectivity index (χ2v) is 7.35. The maximum Gasteiger partial charge on any atom is 0.347 e. The Bertz CT molecular complexity index is 920. The Morgan fingerprint density at radius 1 is 1.37 bits per heavy atom. The highest BCUT2D eigenvalue weighted by Crippen LogP contribution is 2.42. The number of carbonyl (C=O) groups is 2. The number of aliphatic hydroxyl groups is 1. The van der Waals surface area contributed by atoms with Crippen LogP contribution >= 0.6 is 15.9 Å². The minimum absolute atomic E-state index is 0.130. The maximum atomic E-state index is 12.4. The number of amides is 1. The zero-order chi connectivity index (χ0) is 19.6. The lowest BCUT2D eigenvalue weighted by Gasteiger charge is -2.24. The number of unbranched alkanes of at least 4 members (excludes halogenated alkanes) is 2. The molecule has 0 saturated heterocycles. The Balaban J connectivity index is 2.13. The third kappa shape index (κ3) is 3.78. The first-order valence-corrected chi connectivity index (χ1v) is 9.51. The van der Waals surface area contributed by atoms with Crippen LogP contribution in [0.3, 0.4) is 0 Å². The van der Waals surface area contributed by atoms with Crippen molar-refractivity contribution in [2.75, 3.05) is 7.11 Å². The van der Waals surface area contributed by atoms with Crippen molar-refractivity contribution >= 4 is 44.3 Å². The van der Waals surface area contributed by atoms with Crippen molar-refractivity contribution < 1.29 is 24.3 Å². The zero-order valence-corrected chi connectivity index (χ0v) is 16.7. The van der Waals surface area contributed by atoms with Crippen molar-refractivity contribution in [1.29, 1.82) is 0 Å². The molecule has 0 spiro atoms. The Hall–Kier alpha value is -2.16. The van der Waals surface area contributed by atoms with E-state index >= 15 is 0 Å². The lowest BCUT2D eigenvalue weighted by atomic mass is 9.94. The summed E-state index contributed by atoms with van der Waals surface area (Å²) in [5.41, 5.74) is 3.26. The first-order valence-electron chi connectivity index (χ1n) is 8.72. The lowest BCUT2D eigenvalue weighted by Crippen LogP contribution is -2.31. The van der Waals surface area contributed by atoms with Crippen LogP contribution < -0.4 is 5.48 Å². The molecule has 0 bridgehead atoms. The van der Waals surface area contributed by atoms with Gasteiger partial charge in [-0.1, -0.05) is 35.7 Å². The van der Waals surface area contributed by atoms with Crippen molar-refractivity contribution in [2.45, 2.75) is 38.4 Å². The van der Waals surface area contributed by atoms with Crippen LogP contribution in [0.25, 0.3) is 16.5 Å². The SMILES string of the molecule is CCCCCC1(O)OC(=O)C(C(=O)NOC)=C1c1cc2cc(Br)ccc2[nH]1. The van der Waals surface area contributed by atoms with E-state index in [1.54, 1.807) is 6.07 Å². The number of hydrogen-bond acceptors (Lipinski definition) is 5. The zero-order valence-electron chi connectivity index (χ0n) is 15.1. The Labute approximate surface area is 164 Å². The van der Waals surface area contributed by atoms with Gasteiger partial charge < -0.3 is 14.8 Å². The largest absolute Gasteiger partial charge is 0.425 e. The lowest BCUT2D eigenvalue weighted by molar-refractivity contribution is -0.178. The van der Waals surface area contributed by atoms with E-state index in [2.05, 4.69) is 31.2 Å². The number of H-pyrrole nitrogens is 1. The number of cyclic esters (lactones) is 1. The molecule has 1 aliphatic heterocycles. The number of hydrogen-bond donors (Lipinski definition) is 3. The van der Waals surface area contributed by atoms with Gasteiger partial charge in [0.15, 0.2) is 0 Å². The molecule has 1 aromatic heterocycles. The van der Waals surface area contributed by atoms with Gasteiger partial charge in [-0.2, -0.15) is 0 Å². The van der Waals surface area contributed by atoms with Crippen molar-refractivity contribution in [3.63, 3.8) is 0 Å². The Kier molecular flexibility index (Phi) is 5.69. The summed E-state index contributed by atoms with van der Waals surface area (Å²) < 4.78 is 6.15. The molecule has 1 atom stereocenters. The van der Waals surface area contributed by atoms with Gasteiger partial charge in [0, 0.05) is 21.8 Å². The van der Waals surface area contributed by atoms with E-state index in [0.717, 1.165) is 28.2 Å². The summed E-state index contributed by atoms with van der Waals surface area (Å²) in [7, 11) is 1.27. The molecular formula is C19H21BrN2O5. The first kappa shape index (κ1) is 19.6. The number of fused-ring (bicyclic) bond motifs is 1. The molecule has 1 amide bonds. The van der Waals surface area contributed by atoms with Crippen LogP contribution in [0.5, 0.6) is 0 Å². The van der Waals surface area contributed by atoms with E-state index in [9.17, 15) is 14.7 Å². The van der Waals surface area contributed by atoms with E-state index < -0.39 is 17.7 Å². The number of benzene rings is 1. The highest BCUT2D eigenvalue weighted by molar-refractivity contribution is 9.10. The summed E-state index contributed by atoms with van der Waals surface area (Å²) in [6, 6.07) is 7.42. The Morgan fingerprint density at radius 2 is 2.15 bits per heavy atom. The fourth-order valence-electron chi connectivity index (χ4n) is 3.28. The van der Waals surface area contributed by atoms with Gasteiger partial charge in [0.1, 0.15) is 5.57 Å². The van der Waals surface area contributed by atoms with Crippen LogP contribution in [0, 0.1) is 0 Å². The average molecular weight is 437 g/mol. The van der Waals surface area contributed by atoms with E-state index in [4.69, 9.17) is 4.74 Å². The van der Waals surface area contributed by atoms with Gasteiger partial charge in [-0.05, 0) is 30.7 Å². The average Bonchev–Trinajstić information content (AvgIpc) is 3.12. The van der Waals surface area contributed by atoms with Crippen molar-refractivity contribution in [3.05, 3.63) is 40.0 Å². The molecule has 0 fully saturated rings. The maximum absolute atomic E-state index is 12.4. The molecular weight excluding hydrogens is 416 g/mol. The summed E-state index contributed by atoms with van der Waals surface area (Å²) >= 11 is 3.42. The van der Waals surface area contributed by atoms with Gasteiger partial charge in [0.25, 0.3) is 5.91 Å². The van der Waals surface area contributed by atoms with E-state index in [1.807, 2.05) is 25.1 Å². The minimum atomic E-state index is -1.87. The number of aromatic nitrogens is 1. The molecule has 3 rings (SSSR count). The van der Waals surface area contributed by atoms with Gasteiger partial charge in [-0.3, -0.25) is 9.63 Å². The second kappa shape index (κ2) is 7.84. The van der Waals surface area contributed by atoms with Crippen molar-refractivity contribution in [3.8, 4) is 0 Å². The highest BCUT2D eigenvalue weighted by Gasteiger charge is 2.49. The van der Waals surface area contributed by atoms with Crippen LogP contribution in [0.2, 0.25) is 0 Å². The number of rotatable bonds is 7. The molecule has 27 heavy (non-hydrogen) atoms. The normalized spacial score (nSPS) is 19.6. The molecule has 0 aliphatic carbocycles. The Morgan fingerprint density at radius 3 is 2.85 bits per heavy atom. The molecule has 2 heterocycles. The topological polar surface area (TPSA) is 101 Å². The standard InChI is InChI=1S/C19H21BrN2O5/c1-3-4-5-8-19(25)16(15(18(24)27-19)17(23)22-26-2)14-10-11-9-12(20)6-7-13(11)21-14/h6-7,9-10,21,25H,3-5,8H2,1-2H3,(H,22,23). The minimum Gasteiger partial charge on any atom is -0.425 e. The molecule has 1 aromatic carbocycles. The molecule has 0 radical (unpaired) electrons. The molecule has 1 unspecified atom stereocenters. The van der Waals surface area contributed by atoms with E-state index in [-0.39, 0.29) is 17.6 Å². The number of halogens is 1. The first-order chi connectivity index (χ1) is 12.9. The van der Waals surface area contributed by atoms with Crippen LogP contribution in [0.1, 0.15) is 38.3 Å². The van der Waals surface area contributed by atoms with Crippen molar-refractivity contribution in [2.24, 2.45) is 0 Å². The van der Waals surface area contributed by atoms with E-state index in [0.29, 0.717) is 12.1 Å². The summed E-state index contributed by atoms with van der Waals surface area (Å²) in [6.45, 7) is 2.04. The molecule has 1 aliphatic rings. The van der Waals surface area contributed by atoms with Crippen LogP contribution in [0.15, 0.2) is 34.3 Å². The van der Waals surface area contributed by atoms with Gasteiger partial charge >= 0.3 is 5.97 Å². The van der Waals surface area contributed by atoms with Gasteiger partial charge in [0.2, 0.25) is 5.79 Å². The van der Waals surface area contributed by atoms with Gasteiger partial charge in [-0.15, -0.1) is 0 Å². The quantitative estimate of drug-likeness (QED) is 0.267. The fraction of sp³-hybridized carbons (Fsp3) is 0.368. The monoisotopic (exact) mass is 436 g/mol.